The molecule has 1 unspecified atom stereocenters. The van der Waals surface area contributed by atoms with Crippen molar-refractivity contribution in [3.8, 4) is 0 Å². The Hall–Kier alpha value is -0.550. The van der Waals surface area contributed by atoms with Gasteiger partial charge in [-0.15, -0.1) is 11.6 Å². The van der Waals surface area contributed by atoms with E-state index in [0.29, 0.717) is 22.1 Å². The Bertz CT molecular complexity index is 383. The smallest absolute Gasteiger partial charge is 0.267 e. The first kappa shape index (κ1) is 13.5. The van der Waals surface area contributed by atoms with Crippen LogP contribution in [0.5, 0.6) is 0 Å². The van der Waals surface area contributed by atoms with Crippen LogP contribution in [0.15, 0.2) is 15.6 Å². The highest BCUT2D eigenvalue weighted by Crippen LogP contribution is 2.13. The van der Waals surface area contributed by atoms with E-state index >= 15 is 0 Å². The predicted molar refractivity (Wildman–Crippen MR) is 70.2 cm³/mol. The van der Waals surface area contributed by atoms with Gasteiger partial charge in [0, 0.05) is 12.4 Å². The number of nitrogens with zero attached hydrogens (tertiary/aromatic N) is 1. The van der Waals surface area contributed by atoms with Crippen molar-refractivity contribution in [2.24, 2.45) is 5.92 Å². The topological polar surface area (TPSA) is 57.8 Å². The number of aromatic nitrogens is 2. The lowest BCUT2D eigenvalue weighted by molar-refractivity contribution is 0.572. The lowest BCUT2D eigenvalue weighted by Crippen LogP contribution is -2.13. The van der Waals surface area contributed by atoms with Crippen LogP contribution in [0.1, 0.15) is 19.8 Å². The molecule has 2 N–H and O–H groups in total. The number of nitrogens with one attached hydrogen (secondary N) is 2. The minimum Gasteiger partial charge on any atom is -0.369 e. The van der Waals surface area contributed by atoms with E-state index in [4.69, 9.17) is 11.6 Å². The Balaban J connectivity index is 2.38. The molecule has 0 bridgehead atoms. The van der Waals surface area contributed by atoms with Crippen LogP contribution in [0.4, 0.5) is 5.82 Å². The fourth-order valence-corrected chi connectivity index (χ4v) is 1.75. The average Bonchev–Trinajstić information content (AvgIpc) is 2.29. The monoisotopic (exact) mass is 307 g/mol. The lowest BCUT2D eigenvalue weighted by Gasteiger charge is -2.08. The van der Waals surface area contributed by atoms with Gasteiger partial charge in [-0.2, -0.15) is 0 Å². The third-order valence-corrected chi connectivity index (χ3v) is 3.49. The molecule has 90 valence electrons. The number of halogens is 2. The number of aromatic amines is 1. The van der Waals surface area contributed by atoms with Crippen LogP contribution < -0.4 is 10.9 Å². The van der Waals surface area contributed by atoms with Crippen molar-refractivity contribution in [2.75, 3.05) is 17.7 Å². The Morgan fingerprint density at radius 3 is 3.12 bits per heavy atom. The van der Waals surface area contributed by atoms with Gasteiger partial charge in [0.1, 0.15) is 10.3 Å². The molecule has 0 radical (unpaired) electrons. The van der Waals surface area contributed by atoms with E-state index in [-0.39, 0.29) is 5.56 Å². The minimum absolute atomic E-state index is 0.174. The zero-order valence-electron chi connectivity index (χ0n) is 9.09. The van der Waals surface area contributed by atoms with E-state index in [9.17, 15) is 4.79 Å². The number of alkyl halides is 1. The number of anilines is 1. The van der Waals surface area contributed by atoms with Crippen molar-refractivity contribution in [1.29, 1.82) is 0 Å². The number of H-pyrrole nitrogens is 1. The summed E-state index contributed by atoms with van der Waals surface area (Å²) in [6.07, 6.45) is 3.46. The van der Waals surface area contributed by atoms with Crippen molar-refractivity contribution in [2.45, 2.75) is 19.8 Å². The summed E-state index contributed by atoms with van der Waals surface area (Å²) >= 11 is 8.89. The van der Waals surface area contributed by atoms with E-state index in [0.717, 1.165) is 19.4 Å². The molecular weight excluding hydrogens is 293 g/mol. The molecule has 1 rings (SSSR count). The molecule has 0 aliphatic rings. The van der Waals surface area contributed by atoms with E-state index in [1.54, 1.807) is 0 Å². The molecule has 0 spiro atoms. The Kier molecular flexibility index (Phi) is 5.84. The molecular formula is C10H15BrClN3O. The fourth-order valence-electron chi connectivity index (χ4n) is 1.24. The maximum absolute atomic E-state index is 11.2. The molecule has 0 aliphatic carbocycles. The van der Waals surface area contributed by atoms with Crippen LogP contribution in [0, 0.1) is 5.92 Å². The molecule has 6 heteroatoms. The van der Waals surface area contributed by atoms with E-state index in [2.05, 4.69) is 38.1 Å². The second-order valence-corrected chi connectivity index (χ2v) is 4.82. The first-order valence-corrected chi connectivity index (χ1v) is 6.51. The van der Waals surface area contributed by atoms with Crippen LogP contribution in [0.25, 0.3) is 0 Å². The Labute approximate surface area is 108 Å². The SMILES string of the molecule is CC(CCl)CCCNc1nc[nH]c(=O)c1Br. The summed E-state index contributed by atoms with van der Waals surface area (Å²) in [6, 6.07) is 0. The Morgan fingerprint density at radius 1 is 1.69 bits per heavy atom. The second kappa shape index (κ2) is 6.91. The van der Waals surface area contributed by atoms with Gasteiger partial charge in [0.05, 0.1) is 6.33 Å². The molecule has 1 aromatic rings. The van der Waals surface area contributed by atoms with Gasteiger partial charge in [0.15, 0.2) is 0 Å². The van der Waals surface area contributed by atoms with Crippen molar-refractivity contribution in [3.05, 3.63) is 21.2 Å². The first-order valence-electron chi connectivity index (χ1n) is 5.18. The van der Waals surface area contributed by atoms with Crippen molar-refractivity contribution in [3.63, 3.8) is 0 Å². The van der Waals surface area contributed by atoms with Gasteiger partial charge in [-0.3, -0.25) is 4.79 Å². The van der Waals surface area contributed by atoms with Crippen LogP contribution >= 0.6 is 27.5 Å². The zero-order chi connectivity index (χ0) is 12.0. The molecule has 0 saturated carbocycles. The van der Waals surface area contributed by atoms with Gasteiger partial charge < -0.3 is 10.3 Å². The lowest BCUT2D eigenvalue weighted by atomic mass is 10.1. The van der Waals surface area contributed by atoms with Gasteiger partial charge in [-0.05, 0) is 34.7 Å². The molecule has 0 aromatic carbocycles. The first-order chi connectivity index (χ1) is 7.65. The molecule has 0 fully saturated rings. The number of hydrogen-bond donors (Lipinski definition) is 2. The second-order valence-electron chi connectivity index (χ2n) is 3.72. The van der Waals surface area contributed by atoms with Crippen molar-refractivity contribution < 1.29 is 0 Å². The highest BCUT2D eigenvalue weighted by Gasteiger charge is 2.04. The summed E-state index contributed by atoms with van der Waals surface area (Å²) in [6.45, 7) is 2.91. The third kappa shape index (κ3) is 4.14. The van der Waals surface area contributed by atoms with Gasteiger partial charge in [-0.1, -0.05) is 6.92 Å². The van der Waals surface area contributed by atoms with E-state index < -0.39 is 0 Å². The largest absolute Gasteiger partial charge is 0.369 e. The normalized spacial score (nSPS) is 12.4. The highest BCUT2D eigenvalue weighted by atomic mass is 79.9. The zero-order valence-corrected chi connectivity index (χ0v) is 11.4. The van der Waals surface area contributed by atoms with Crippen LogP contribution in [0.3, 0.4) is 0 Å². The van der Waals surface area contributed by atoms with Gasteiger partial charge >= 0.3 is 0 Å². The fraction of sp³-hybridized carbons (Fsp3) is 0.600. The molecule has 1 aromatic heterocycles. The third-order valence-electron chi connectivity index (χ3n) is 2.23. The minimum atomic E-state index is -0.174. The summed E-state index contributed by atoms with van der Waals surface area (Å²) in [5, 5.41) is 3.11. The molecule has 0 aliphatic heterocycles. The maximum atomic E-state index is 11.2. The molecule has 1 atom stereocenters. The van der Waals surface area contributed by atoms with Crippen LogP contribution in [0.2, 0.25) is 0 Å². The molecule has 1 heterocycles. The maximum Gasteiger partial charge on any atom is 0.267 e. The molecule has 0 saturated heterocycles. The number of rotatable bonds is 6. The summed E-state index contributed by atoms with van der Waals surface area (Å²) < 4.78 is 0.445. The van der Waals surface area contributed by atoms with Crippen molar-refractivity contribution in [1.82, 2.24) is 9.97 Å². The van der Waals surface area contributed by atoms with Gasteiger partial charge in [0.25, 0.3) is 5.56 Å². The number of hydrogen-bond acceptors (Lipinski definition) is 3. The van der Waals surface area contributed by atoms with Gasteiger partial charge in [0.2, 0.25) is 0 Å². The molecule has 4 nitrogen and oxygen atoms in total. The molecule has 0 amide bonds. The molecule has 16 heavy (non-hydrogen) atoms. The van der Waals surface area contributed by atoms with Gasteiger partial charge in [-0.25, -0.2) is 4.98 Å². The quantitative estimate of drug-likeness (QED) is 0.627. The summed E-state index contributed by atoms with van der Waals surface area (Å²) in [5.41, 5.74) is -0.174. The highest BCUT2D eigenvalue weighted by molar-refractivity contribution is 9.10. The van der Waals surface area contributed by atoms with E-state index in [1.807, 2.05) is 0 Å². The predicted octanol–water partition coefficient (Wildman–Crippen LogP) is 2.60. The standard InChI is InChI=1S/C10H15BrClN3O/c1-7(5-12)3-2-4-13-9-8(11)10(16)15-6-14-9/h6-7H,2-5H2,1H3,(H2,13,14,15,16). The Morgan fingerprint density at radius 2 is 2.44 bits per heavy atom. The van der Waals surface area contributed by atoms with Crippen molar-refractivity contribution >= 4 is 33.3 Å². The summed E-state index contributed by atoms with van der Waals surface area (Å²) in [5.74, 6) is 1.80. The van der Waals surface area contributed by atoms with Crippen LogP contribution in [-0.4, -0.2) is 22.4 Å². The van der Waals surface area contributed by atoms with E-state index in [1.165, 1.54) is 6.33 Å². The van der Waals surface area contributed by atoms with Crippen LogP contribution in [-0.2, 0) is 0 Å². The summed E-state index contributed by atoms with van der Waals surface area (Å²) in [4.78, 5) is 17.8. The average molecular weight is 309 g/mol. The summed E-state index contributed by atoms with van der Waals surface area (Å²) in [7, 11) is 0.